The van der Waals surface area contributed by atoms with E-state index in [-0.39, 0.29) is 31.3 Å². The number of hydrogen-bond acceptors (Lipinski definition) is 6. The van der Waals surface area contributed by atoms with E-state index in [2.05, 4.69) is 20.5 Å². The van der Waals surface area contributed by atoms with Gasteiger partial charge in [-0.25, -0.2) is 0 Å². The molecule has 9 heteroatoms. The van der Waals surface area contributed by atoms with Gasteiger partial charge in [0.05, 0.1) is 18.7 Å². The summed E-state index contributed by atoms with van der Waals surface area (Å²) in [7, 11) is 1.61. The summed E-state index contributed by atoms with van der Waals surface area (Å²) in [5.41, 5.74) is 12.2. The number of fused-ring (bicyclic) bond motifs is 1. The van der Waals surface area contributed by atoms with Crippen molar-refractivity contribution in [3.05, 3.63) is 102 Å². The summed E-state index contributed by atoms with van der Waals surface area (Å²) >= 11 is 0. The number of para-hydroxylation sites is 2. The largest absolute Gasteiger partial charge is 0.496 e. The molecule has 5 N–H and O–H groups in total. The van der Waals surface area contributed by atoms with Crippen molar-refractivity contribution in [2.45, 2.75) is 25.8 Å². The maximum absolute atomic E-state index is 13.6. The van der Waals surface area contributed by atoms with Gasteiger partial charge < -0.3 is 25.5 Å². The van der Waals surface area contributed by atoms with Crippen LogP contribution in [0.15, 0.2) is 85.1 Å². The van der Waals surface area contributed by atoms with E-state index in [1.807, 2.05) is 79.9 Å². The average molecular weight is 566 g/mol. The van der Waals surface area contributed by atoms with Gasteiger partial charge in [0, 0.05) is 47.4 Å². The Hall–Kier alpha value is -4.89. The van der Waals surface area contributed by atoms with Crippen molar-refractivity contribution < 1.29 is 19.1 Å². The molecule has 1 amide bonds. The summed E-state index contributed by atoms with van der Waals surface area (Å²) in [5.74, 6) is 0.217. The Morgan fingerprint density at radius 2 is 1.79 bits per heavy atom. The maximum atomic E-state index is 13.6. The number of aryl methyl sites for hydroxylation is 2. The standard InChI is InChI=1S/C33H35N5O4/c1-21-17-29(38-37-21)22-11-14-24(15-12-22)42-20-30(39)27(33(34)26-18-35-28-9-5-4-8-25(26)28)19-36-32(40)16-13-23-7-3-6-10-31(23)41-2/h3-12,14-15,17-18,27,33,35H,13,16,19-20,34H2,1-2H3,(H,36,40)(H,37,38). The third-order valence-corrected chi connectivity index (χ3v) is 7.40. The van der Waals surface area contributed by atoms with Gasteiger partial charge >= 0.3 is 0 Å². The number of H-pyrrole nitrogens is 2. The lowest BCUT2D eigenvalue weighted by atomic mass is 9.90. The summed E-state index contributed by atoms with van der Waals surface area (Å²) < 4.78 is 11.3. The molecule has 3 aromatic carbocycles. The van der Waals surface area contributed by atoms with Crippen molar-refractivity contribution in [2.75, 3.05) is 20.3 Å². The van der Waals surface area contributed by atoms with Crippen LogP contribution < -0.4 is 20.5 Å². The van der Waals surface area contributed by atoms with Crippen molar-refractivity contribution in [3.8, 4) is 22.8 Å². The van der Waals surface area contributed by atoms with Crippen molar-refractivity contribution in [3.63, 3.8) is 0 Å². The molecule has 5 aromatic rings. The number of nitrogens with two attached hydrogens (primary N) is 1. The summed E-state index contributed by atoms with van der Waals surface area (Å²) in [5, 5.41) is 11.1. The highest BCUT2D eigenvalue weighted by molar-refractivity contribution is 5.88. The minimum absolute atomic E-state index is 0.0884. The lowest BCUT2D eigenvalue weighted by Crippen LogP contribution is -2.40. The Balaban J connectivity index is 1.26. The molecule has 0 aliphatic carbocycles. The number of ether oxygens (including phenoxy) is 2. The van der Waals surface area contributed by atoms with Gasteiger partial charge in [-0.2, -0.15) is 5.10 Å². The molecule has 42 heavy (non-hydrogen) atoms. The van der Waals surface area contributed by atoms with Gasteiger partial charge in [0.1, 0.15) is 18.1 Å². The highest BCUT2D eigenvalue weighted by atomic mass is 16.5. The van der Waals surface area contributed by atoms with Crippen LogP contribution in [0.25, 0.3) is 22.2 Å². The molecule has 9 nitrogen and oxygen atoms in total. The third-order valence-electron chi connectivity index (χ3n) is 7.40. The topological polar surface area (TPSA) is 135 Å². The van der Waals surface area contributed by atoms with Crippen LogP contribution in [0.4, 0.5) is 0 Å². The molecule has 5 rings (SSSR count). The molecular formula is C33H35N5O4. The molecule has 0 bridgehead atoms. The van der Waals surface area contributed by atoms with Crippen LogP contribution in [0, 0.1) is 12.8 Å². The molecule has 2 unspecified atom stereocenters. The Labute approximate surface area is 244 Å². The molecule has 216 valence electrons. The zero-order valence-corrected chi connectivity index (χ0v) is 23.7. The minimum atomic E-state index is -0.703. The van der Waals surface area contributed by atoms with Crippen molar-refractivity contribution >= 4 is 22.6 Å². The van der Waals surface area contributed by atoms with E-state index in [0.717, 1.165) is 44.7 Å². The Kier molecular flexibility index (Phi) is 8.99. The predicted octanol–water partition coefficient (Wildman–Crippen LogP) is 4.89. The fourth-order valence-electron chi connectivity index (χ4n) is 5.05. The molecule has 0 aliphatic heterocycles. The van der Waals surface area contributed by atoms with Gasteiger partial charge in [-0.3, -0.25) is 14.7 Å². The van der Waals surface area contributed by atoms with E-state index in [9.17, 15) is 9.59 Å². The van der Waals surface area contributed by atoms with E-state index in [1.165, 1.54) is 0 Å². The first-order valence-electron chi connectivity index (χ1n) is 13.9. The lowest BCUT2D eigenvalue weighted by molar-refractivity contribution is -0.126. The number of benzene rings is 3. The summed E-state index contributed by atoms with van der Waals surface area (Å²) in [6.07, 6.45) is 2.59. The molecular weight excluding hydrogens is 530 g/mol. The van der Waals surface area contributed by atoms with Crippen LogP contribution in [0.1, 0.15) is 29.3 Å². The van der Waals surface area contributed by atoms with Crippen molar-refractivity contribution in [2.24, 2.45) is 11.7 Å². The molecule has 0 spiro atoms. The first kappa shape index (κ1) is 28.6. The van der Waals surface area contributed by atoms with Crippen LogP contribution in [-0.2, 0) is 16.0 Å². The second-order valence-corrected chi connectivity index (χ2v) is 10.3. The molecule has 2 aromatic heterocycles. The van der Waals surface area contributed by atoms with Gasteiger partial charge in [-0.15, -0.1) is 0 Å². The number of amides is 1. The van der Waals surface area contributed by atoms with Crippen molar-refractivity contribution in [1.29, 1.82) is 0 Å². The number of Topliss-reactive ketones (excluding diaryl/α,β-unsaturated/α-hetero) is 1. The number of methoxy groups -OCH3 is 1. The van der Waals surface area contributed by atoms with E-state index in [0.29, 0.717) is 12.2 Å². The molecule has 0 radical (unpaired) electrons. The normalized spacial score (nSPS) is 12.5. The van der Waals surface area contributed by atoms with Crippen molar-refractivity contribution in [1.82, 2.24) is 20.5 Å². The van der Waals surface area contributed by atoms with Crippen LogP contribution in [0.5, 0.6) is 11.5 Å². The summed E-state index contributed by atoms with van der Waals surface area (Å²) in [4.78, 5) is 29.6. The molecule has 0 saturated heterocycles. The highest BCUT2D eigenvalue weighted by Gasteiger charge is 2.29. The number of hydrogen-bond donors (Lipinski definition) is 4. The van der Waals surface area contributed by atoms with E-state index in [4.69, 9.17) is 15.2 Å². The summed E-state index contributed by atoms with van der Waals surface area (Å²) in [6.45, 7) is 1.85. The number of ketones is 1. The maximum Gasteiger partial charge on any atom is 0.220 e. The van der Waals surface area contributed by atoms with Gasteiger partial charge in [-0.1, -0.05) is 36.4 Å². The van der Waals surface area contributed by atoms with E-state index in [1.54, 1.807) is 19.2 Å². The smallest absolute Gasteiger partial charge is 0.220 e. The number of carbonyl (C=O) groups is 2. The number of nitrogens with one attached hydrogen (secondary N) is 3. The average Bonchev–Trinajstić information content (AvgIpc) is 3.65. The number of carbonyl (C=O) groups excluding carboxylic acids is 2. The van der Waals surface area contributed by atoms with Gasteiger partial charge in [0.2, 0.25) is 5.91 Å². The molecule has 2 atom stereocenters. The number of nitrogens with zero attached hydrogens (tertiary/aromatic N) is 1. The van der Waals surface area contributed by atoms with E-state index >= 15 is 0 Å². The van der Waals surface area contributed by atoms with Gasteiger partial charge in [-0.05, 0) is 66.9 Å². The Bertz CT molecular complexity index is 1660. The van der Waals surface area contributed by atoms with Crippen LogP contribution >= 0.6 is 0 Å². The van der Waals surface area contributed by atoms with Gasteiger partial charge in [0.25, 0.3) is 0 Å². The number of rotatable bonds is 13. The SMILES string of the molecule is COc1ccccc1CCC(=O)NCC(C(=O)COc1ccc(-c2cc(C)[nH]n2)cc1)C(N)c1c[nH]c2ccccc12. The van der Waals surface area contributed by atoms with Crippen LogP contribution in [0.3, 0.4) is 0 Å². The van der Waals surface area contributed by atoms with Crippen LogP contribution in [-0.4, -0.2) is 47.1 Å². The monoisotopic (exact) mass is 565 g/mol. The first-order valence-corrected chi connectivity index (χ1v) is 13.9. The second-order valence-electron chi connectivity index (χ2n) is 10.3. The highest BCUT2D eigenvalue weighted by Crippen LogP contribution is 2.28. The molecule has 0 saturated carbocycles. The number of aromatic amines is 2. The van der Waals surface area contributed by atoms with Crippen LogP contribution in [0.2, 0.25) is 0 Å². The Morgan fingerprint density at radius 1 is 1.02 bits per heavy atom. The molecule has 0 fully saturated rings. The predicted molar refractivity (Wildman–Crippen MR) is 162 cm³/mol. The Morgan fingerprint density at radius 3 is 2.55 bits per heavy atom. The van der Waals surface area contributed by atoms with Gasteiger partial charge in [0.15, 0.2) is 5.78 Å². The number of aromatic nitrogens is 3. The summed E-state index contributed by atoms with van der Waals surface area (Å²) in [6, 6.07) is 24.1. The first-order chi connectivity index (χ1) is 20.4. The molecule has 0 aliphatic rings. The quantitative estimate of drug-likeness (QED) is 0.161. The lowest BCUT2D eigenvalue weighted by Gasteiger charge is -2.23. The minimum Gasteiger partial charge on any atom is -0.496 e. The third kappa shape index (κ3) is 6.70. The fraction of sp³-hybridized carbons (Fsp3) is 0.242. The molecule has 2 heterocycles. The zero-order valence-electron chi connectivity index (χ0n) is 23.7. The second kappa shape index (κ2) is 13.2. The van der Waals surface area contributed by atoms with E-state index < -0.39 is 12.0 Å². The fourth-order valence-corrected chi connectivity index (χ4v) is 5.05. The zero-order chi connectivity index (χ0) is 29.5.